The zero-order valence-corrected chi connectivity index (χ0v) is 14.3. The summed E-state index contributed by atoms with van der Waals surface area (Å²) < 4.78 is 3.43. The molecule has 0 bridgehead atoms. The summed E-state index contributed by atoms with van der Waals surface area (Å²) in [7, 11) is 0. The Morgan fingerprint density at radius 2 is 1.48 bits per heavy atom. The molecule has 0 amide bonds. The molecule has 4 aromatic rings. The van der Waals surface area contributed by atoms with Crippen molar-refractivity contribution >= 4 is 25.1 Å². The molecule has 0 N–H and O–H groups in total. The summed E-state index contributed by atoms with van der Waals surface area (Å²) >= 11 is 0.320. The maximum atomic E-state index is 4.97. The van der Waals surface area contributed by atoms with Crippen LogP contribution in [0.3, 0.4) is 0 Å². The van der Waals surface area contributed by atoms with E-state index in [9.17, 15) is 0 Å². The van der Waals surface area contributed by atoms with Gasteiger partial charge in [-0.25, -0.2) is 0 Å². The van der Waals surface area contributed by atoms with E-state index in [1.54, 1.807) is 0 Å². The van der Waals surface area contributed by atoms with E-state index in [1.807, 2.05) is 6.07 Å². The summed E-state index contributed by atoms with van der Waals surface area (Å²) in [6, 6.07) is 27.4. The Morgan fingerprint density at radius 3 is 2.26 bits per heavy atom. The molecule has 0 aliphatic rings. The molecule has 0 radical (unpaired) electrons. The zero-order chi connectivity index (χ0) is 15.5. The van der Waals surface area contributed by atoms with Gasteiger partial charge >= 0.3 is 142 Å². The first-order chi connectivity index (χ1) is 11.4. The number of imidazole rings is 1. The summed E-state index contributed by atoms with van der Waals surface area (Å²) in [5.74, 6) is 1.03. The number of benzene rings is 2. The van der Waals surface area contributed by atoms with Gasteiger partial charge in [0, 0.05) is 0 Å². The second-order valence-electron chi connectivity index (χ2n) is 5.34. The van der Waals surface area contributed by atoms with Crippen LogP contribution in [-0.2, 0) is 5.32 Å². The van der Waals surface area contributed by atoms with Crippen molar-refractivity contribution in [2.45, 2.75) is 5.32 Å². The molecule has 2 nitrogen and oxygen atoms in total. The Kier molecular flexibility index (Phi) is 3.97. The minimum atomic E-state index is 0.320. The zero-order valence-electron chi connectivity index (χ0n) is 12.6. The Labute approximate surface area is 142 Å². The van der Waals surface area contributed by atoms with Gasteiger partial charge in [0.15, 0.2) is 0 Å². The quantitative estimate of drug-likeness (QED) is 0.507. The van der Waals surface area contributed by atoms with Gasteiger partial charge in [0.25, 0.3) is 0 Å². The molecule has 0 fully saturated rings. The summed E-state index contributed by atoms with van der Waals surface area (Å²) in [4.78, 5) is 4.97. The molecule has 2 aromatic heterocycles. The number of nitrogens with zero attached hydrogens (tertiary/aromatic N) is 2. The van der Waals surface area contributed by atoms with Gasteiger partial charge in [0.05, 0.1) is 0 Å². The molecule has 0 atom stereocenters. The van der Waals surface area contributed by atoms with Crippen molar-refractivity contribution in [2.24, 2.45) is 0 Å². The van der Waals surface area contributed by atoms with Gasteiger partial charge in [-0.05, 0) is 0 Å². The van der Waals surface area contributed by atoms with Crippen molar-refractivity contribution in [1.82, 2.24) is 9.38 Å². The minimum absolute atomic E-state index is 0.320. The molecule has 2 aromatic carbocycles. The average molecular weight is 363 g/mol. The van der Waals surface area contributed by atoms with Gasteiger partial charge < -0.3 is 0 Å². The number of fused-ring (bicyclic) bond motifs is 1. The number of pyridine rings is 1. The fourth-order valence-electron chi connectivity index (χ4n) is 2.63. The molecule has 23 heavy (non-hydrogen) atoms. The van der Waals surface area contributed by atoms with E-state index in [2.05, 4.69) is 83.4 Å². The third-order valence-corrected chi connectivity index (χ3v) is 5.97. The third kappa shape index (κ3) is 2.94. The van der Waals surface area contributed by atoms with Crippen molar-refractivity contribution in [2.75, 3.05) is 0 Å². The molecule has 0 saturated heterocycles. The van der Waals surface area contributed by atoms with Crippen LogP contribution in [0.15, 0.2) is 85.1 Å². The van der Waals surface area contributed by atoms with E-state index in [0.717, 1.165) is 16.7 Å². The number of hydrogen-bond acceptors (Lipinski definition) is 1. The van der Waals surface area contributed by atoms with Crippen molar-refractivity contribution in [3.63, 3.8) is 0 Å². The number of rotatable bonds is 4. The SMILES string of the molecule is c1ccc(C[Se]c2nc(-c3ccccc3)n3ccccc23)cc1. The van der Waals surface area contributed by atoms with Gasteiger partial charge in [0.1, 0.15) is 0 Å². The van der Waals surface area contributed by atoms with Crippen LogP contribution in [0, 0.1) is 0 Å². The number of aromatic nitrogens is 2. The van der Waals surface area contributed by atoms with E-state index in [4.69, 9.17) is 4.98 Å². The maximum absolute atomic E-state index is 4.97. The molecule has 112 valence electrons. The van der Waals surface area contributed by atoms with Crippen LogP contribution in [0.4, 0.5) is 0 Å². The van der Waals surface area contributed by atoms with Gasteiger partial charge in [-0.2, -0.15) is 0 Å². The molecule has 3 heteroatoms. The third-order valence-electron chi connectivity index (χ3n) is 3.76. The van der Waals surface area contributed by atoms with Gasteiger partial charge in [0.2, 0.25) is 0 Å². The molecule has 0 unspecified atom stereocenters. The Bertz CT molecular complexity index is 914. The fourth-order valence-corrected chi connectivity index (χ4v) is 4.65. The number of hydrogen-bond donors (Lipinski definition) is 0. The Morgan fingerprint density at radius 1 is 0.783 bits per heavy atom. The molecular weight excluding hydrogens is 347 g/mol. The average Bonchev–Trinajstić information content (AvgIpc) is 3.01. The second kappa shape index (κ2) is 6.41. The molecule has 2 heterocycles. The van der Waals surface area contributed by atoms with E-state index in [-0.39, 0.29) is 0 Å². The standard InChI is InChI=1S/C20H16N2Se/c1-3-9-16(10-4-1)15-23-20-18-13-7-8-14-22(18)19(21-20)17-11-5-2-6-12-17/h1-14H,15H2. The summed E-state index contributed by atoms with van der Waals surface area (Å²) in [5, 5.41) is 1.07. The van der Waals surface area contributed by atoms with Crippen molar-refractivity contribution in [3.05, 3.63) is 90.6 Å². The van der Waals surface area contributed by atoms with E-state index < -0.39 is 0 Å². The molecule has 0 spiro atoms. The van der Waals surface area contributed by atoms with Crippen LogP contribution in [0.1, 0.15) is 5.56 Å². The summed E-state index contributed by atoms with van der Waals surface area (Å²) in [5.41, 5.74) is 3.77. The van der Waals surface area contributed by atoms with Crippen LogP contribution in [0.5, 0.6) is 0 Å². The molecular formula is C20H16N2Se. The summed E-state index contributed by atoms with van der Waals surface area (Å²) in [6.07, 6.45) is 2.10. The van der Waals surface area contributed by atoms with E-state index in [0.29, 0.717) is 15.0 Å². The van der Waals surface area contributed by atoms with Gasteiger partial charge in [-0.15, -0.1) is 0 Å². The van der Waals surface area contributed by atoms with Crippen LogP contribution in [0.2, 0.25) is 0 Å². The van der Waals surface area contributed by atoms with Crippen LogP contribution in [0.25, 0.3) is 16.9 Å². The first-order valence-electron chi connectivity index (χ1n) is 7.61. The predicted octanol–water partition coefficient (Wildman–Crippen LogP) is 3.53. The summed E-state index contributed by atoms with van der Waals surface area (Å²) in [6.45, 7) is 0. The van der Waals surface area contributed by atoms with E-state index >= 15 is 0 Å². The van der Waals surface area contributed by atoms with Crippen molar-refractivity contribution < 1.29 is 0 Å². The van der Waals surface area contributed by atoms with Crippen molar-refractivity contribution in [3.8, 4) is 11.4 Å². The van der Waals surface area contributed by atoms with Crippen LogP contribution >= 0.6 is 0 Å². The second-order valence-corrected chi connectivity index (χ2v) is 7.36. The normalized spacial score (nSPS) is 11.0. The molecule has 0 aliphatic carbocycles. The Balaban J connectivity index is 1.73. The van der Waals surface area contributed by atoms with Gasteiger partial charge in [-0.3, -0.25) is 0 Å². The van der Waals surface area contributed by atoms with Crippen molar-refractivity contribution in [1.29, 1.82) is 0 Å². The molecule has 0 aliphatic heterocycles. The first-order valence-corrected chi connectivity index (χ1v) is 9.68. The topological polar surface area (TPSA) is 17.3 Å². The van der Waals surface area contributed by atoms with Gasteiger partial charge in [-0.1, -0.05) is 0 Å². The molecule has 4 rings (SSSR count). The predicted molar refractivity (Wildman–Crippen MR) is 96.2 cm³/mol. The van der Waals surface area contributed by atoms with E-state index in [1.165, 1.54) is 15.7 Å². The fraction of sp³-hybridized carbons (Fsp3) is 0.0500. The monoisotopic (exact) mass is 364 g/mol. The molecule has 0 saturated carbocycles. The Hall–Kier alpha value is -2.35. The first kappa shape index (κ1) is 14.3. The van der Waals surface area contributed by atoms with Crippen LogP contribution in [-0.4, -0.2) is 24.3 Å². The van der Waals surface area contributed by atoms with Crippen LogP contribution < -0.4 is 4.59 Å².